The van der Waals surface area contributed by atoms with Gasteiger partial charge in [0.1, 0.15) is 11.3 Å². The molecule has 1 aromatic rings. The van der Waals surface area contributed by atoms with Gasteiger partial charge in [-0.2, -0.15) is 0 Å². The zero-order valence-corrected chi connectivity index (χ0v) is 11.5. The van der Waals surface area contributed by atoms with Gasteiger partial charge >= 0.3 is 5.97 Å². The van der Waals surface area contributed by atoms with Crippen molar-refractivity contribution in [3.8, 4) is 5.75 Å². The fourth-order valence-corrected chi connectivity index (χ4v) is 1.68. The Kier molecular flexibility index (Phi) is 5.57. The van der Waals surface area contributed by atoms with Crippen LogP contribution < -0.4 is 10.1 Å². The number of aliphatic carboxylic acids is 1. The maximum atomic E-state index is 11.5. The molecule has 0 amide bonds. The lowest BCUT2D eigenvalue weighted by atomic mass is 9.92. The van der Waals surface area contributed by atoms with Gasteiger partial charge in [-0.25, -0.2) is 4.79 Å². The van der Waals surface area contributed by atoms with Crippen molar-refractivity contribution in [3.05, 3.63) is 42.5 Å². The Balaban J connectivity index is 2.91. The number of nitrogens with one attached hydrogen (secondary N) is 1. The first-order chi connectivity index (χ1) is 9.04. The van der Waals surface area contributed by atoms with E-state index in [1.54, 1.807) is 37.3 Å². The molecule has 0 aromatic heterocycles. The molecule has 0 bridgehead atoms. The number of hydrogen-bond acceptors (Lipinski definition) is 3. The van der Waals surface area contributed by atoms with Gasteiger partial charge in [-0.05, 0) is 31.0 Å². The quantitative estimate of drug-likeness (QED) is 0.708. The van der Waals surface area contributed by atoms with Gasteiger partial charge in [0.15, 0.2) is 0 Å². The molecule has 0 saturated carbocycles. The summed E-state index contributed by atoms with van der Waals surface area (Å²) in [4.78, 5) is 11.5. The molecule has 1 unspecified atom stereocenters. The van der Waals surface area contributed by atoms with Crippen molar-refractivity contribution in [3.63, 3.8) is 0 Å². The molecule has 2 N–H and O–H groups in total. The van der Waals surface area contributed by atoms with Gasteiger partial charge in [0.05, 0.1) is 6.61 Å². The Morgan fingerprint density at radius 3 is 2.58 bits per heavy atom. The number of ether oxygens (including phenoxy) is 1. The molecule has 1 rings (SSSR count). The molecular weight excluding hydrogens is 242 g/mol. The van der Waals surface area contributed by atoms with E-state index in [2.05, 4.69) is 11.9 Å². The first kappa shape index (κ1) is 15.2. The first-order valence-electron chi connectivity index (χ1n) is 6.37. The van der Waals surface area contributed by atoms with E-state index in [0.29, 0.717) is 18.7 Å². The molecule has 0 fully saturated rings. The van der Waals surface area contributed by atoms with Crippen LogP contribution in [0.1, 0.15) is 25.8 Å². The lowest BCUT2D eigenvalue weighted by Crippen LogP contribution is -2.46. The van der Waals surface area contributed by atoms with Gasteiger partial charge in [0.25, 0.3) is 0 Å². The summed E-state index contributed by atoms with van der Waals surface area (Å²) in [6.07, 6.45) is 2.58. The largest absolute Gasteiger partial charge is 0.494 e. The third-order valence-corrected chi connectivity index (χ3v) is 2.93. The van der Waals surface area contributed by atoms with Gasteiger partial charge in [-0.3, -0.25) is 5.32 Å². The topological polar surface area (TPSA) is 58.6 Å². The molecule has 0 spiro atoms. The summed E-state index contributed by atoms with van der Waals surface area (Å²) >= 11 is 0. The van der Waals surface area contributed by atoms with Crippen LogP contribution in [0.3, 0.4) is 0 Å². The van der Waals surface area contributed by atoms with E-state index >= 15 is 0 Å². The van der Waals surface area contributed by atoms with E-state index in [1.807, 2.05) is 6.92 Å². The molecular formula is C15H21NO3. The van der Waals surface area contributed by atoms with E-state index in [-0.39, 0.29) is 0 Å². The summed E-state index contributed by atoms with van der Waals surface area (Å²) in [7, 11) is 0. The maximum absolute atomic E-state index is 11.5. The van der Waals surface area contributed by atoms with Crippen molar-refractivity contribution in [2.75, 3.05) is 13.2 Å². The summed E-state index contributed by atoms with van der Waals surface area (Å²) in [5.74, 6) is -0.168. The molecule has 0 aliphatic carbocycles. The van der Waals surface area contributed by atoms with Crippen LogP contribution in [0.4, 0.5) is 0 Å². The van der Waals surface area contributed by atoms with Crippen LogP contribution in [0.2, 0.25) is 0 Å². The fourth-order valence-electron chi connectivity index (χ4n) is 1.68. The fraction of sp³-hybridized carbons (Fsp3) is 0.400. The molecule has 104 valence electrons. The van der Waals surface area contributed by atoms with Crippen LogP contribution in [-0.4, -0.2) is 24.2 Å². The van der Waals surface area contributed by atoms with Crippen molar-refractivity contribution in [1.82, 2.24) is 5.32 Å². The van der Waals surface area contributed by atoms with Crippen LogP contribution in [0.5, 0.6) is 5.75 Å². The van der Waals surface area contributed by atoms with E-state index in [9.17, 15) is 9.90 Å². The number of benzene rings is 1. The normalized spacial score (nSPS) is 13.6. The van der Waals surface area contributed by atoms with Crippen LogP contribution in [0.25, 0.3) is 0 Å². The number of hydrogen-bond donors (Lipinski definition) is 2. The molecule has 1 aromatic carbocycles. The molecule has 4 heteroatoms. The Morgan fingerprint density at radius 1 is 1.47 bits per heavy atom. The lowest BCUT2D eigenvalue weighted by molar-refractivity contribution is -0.144. The van der Waals surface area contributed by atoms with Gasteiger partial charge in [0.2, 0.25) is 0 Å². The van der Waals surface area contributed by atoms with Crippen LogP contribution in [0.15, 0.2) is 36.9 Å². The number of rotatable bonds is 8. The molecule has 1 atom stereocenters. The molecule has 4 nitrogen and oxygen atoms in total. The highest BCUT2D eigenvalue weighted by atomic mass is 16.5. The van der Waals surface area contributed by atoms with Crippen LogP contribution >= 0.6 is 0 Å². The van der Waals surface area contributed by atoms with Crippen molar-refractivity contribution >= 4 is 5.97 Å². The summed E-state index contributed by atoms with van der Waals surface area (Å²) in [5, 5.41) is 12.4. The smallest absolute Gasteiger partial charge is 0.328 e. The van der Waals surface area contributed by atoms with E-state index in [0.717, 1.165) is 12.2 Å². The van der Waals surface area contributed by atoms with Crippen molar-refractivity contribution < 1.29 is 14.6 Å². The third kappa shape index (κ3) is 3.83. The number of carboxylic acid groups (broad SMARTS) is 1. The predicted octanol–water partition coefficient (Wildman–Crippen LogP) is 2.55. The Hall–Kier alpha value is -1.81. The highest BCUT2D eigenvalue weighted by Crippen LogP contribution is 2.23. The van der Waals surface area contributed by atoms with E-state index in [4.69, 9.17) is 4.74 Å². The SMILES string of the molecule is C=CCNC(C)(C(=O)O)c1ccc(OCCC)cc1. The second-order valence-electron chi connectivity index (χ2n) is 4.47. The van der Waals surface area contributed by atoms with E-state index < -0.39 is 11.5 Å². The minimum atomic E-state index is -1.13. The standard InChI is InChI=1S/C15H21NO3/c1-4-10-16-15(3,14(17)18)12-6-8-13(9-7-12)19-11-5-2/h4,6-9,16H,1,5,10-11H2,2-3H3,(H,17,18). The average molecular weight is 263 g/mol. The number of carbonyl (C=O) groups is 1. The summed E-state index contributed by atoms with van der Waals surface area (Å²) in [6, 6.07) is 7.13. The predicted molar refractivity (Wildman–Crippen MR) is 75.4 cm³/mol. The Morgan fingerprint density at radius 2 is 2.11 bits per heavy atom. The van der Waals surface area contributed by atoms with Gasteiger partial charge in [0, 0.05) is 6.54 Å². The third-order valence-electron chi connectivity index (χ3n) is 2.93. The van der Waals surface area contributed by atoms with Crippen molar-refractivity contribution in [1.29, 1.82) is 0 Å². The highest BCUT2D eigenvalue weighted by Gasteiger charge is 2.34. The average Bonchev–Trinajstić information content (AvgIpc) is 2.42. The van der Waals surface area contributed by atoms with Crippen LogP contribution in [-0.2, 0) is 10.3 Å². The molecule has 0 aliphatic heterocycles. The molecule has 0 radical (unpaired) electrons. The van der Waals surface area contributed by atoms with Crippen LogP contribution in [0, 0.1) is 0 Å². The lowest BCUT2D eigenvalue weighted by Gasteiger charge is -2.26. The van der Waals surface area contributed by atoms with Gasteiger partial charge < -0.3 is 9.84 Å². The zero-order valence-electron chi connectivity index (χ0n) is 11.5. The summed E-state index contributed by atoms with van der Waals surface area (Å²) < 4.78 is 5.48. The zero-order chi connectivity index (χ0) is 14.3. The van der Waals surface area contributed by atoms with Gasteiger partial charge in [-0.1, -0.05) is 25.1 Å². The monoisotopic (exact) mass is 263 g/mol. The maximum Gasteiger partial charge on any atom is 0.328 e. The van der Waals surface area contributed by atoms with E-state index in [1.165, 1.54) is 0 Å². The molecule has 0 saturated heterocycles. The Bertz CT molecular complexity index is 428. The highest BCUT2D eigenvalue weighted by molar-refractivity contribution is 5.80. The summed E-state index contributed by atoms with van der Waals surface area (Å²) in [5.41, 5.74) is -0.442. The van der Waals surface area contributed by atoms with Crippen molar-refractivity contribution in [2.45, 2.75) is 25.8 Å². The molecule has 19 heavy (non-hydrogen) atoms. The molecule has 0 aliphatic rings. The second kappa shape index (κ2) is 6.95. The minimum absolute atomic E-state index is 0.427. The molecule has 0 heterocycles. The first-order valence-corrected chi connectivity index (χ1v) is 6.37. The summed E-state index contributed by atoms with van der Waals surface area (Å²) in [6.45, 7) is 8.35. The number of carboxylic acids is 1. The Labute approximate surface area is 114 Å². The second-order valence-corrected chi connectivity index (χ2v) is 4.47. The van der Waals surface area contributed by atoms with Gasteiger partial charge in [-0.15, -0.1) is 6.58 Å². The van der Waals surface area contributed by atoms with Crippen molar-refractivity contribution in [2.24, 2.45) is 0 Å². The minimum Gasteiger partial charge on any atom is -0.494 e.